The summed E-state index contributed by atoms with van der Waals surface area (Å²) in [5, 5.41) is 10.4. The van der Waals surface area contributed by atoms with Crippen molar-refractivity contribution >= 4 is 0 Å². The van der Waals surface area contributed by atoms with Gasteiger partial charge in [0.1, 0.15) is 0 Å². The van der Waals surface area contributed by atoms with Crippen LogP contribution in [0.15, 0.2) is 18.2 Å². The number of likely N-dealkylation sites (tertiary alicyclic amines) is 1. The van der Waals surface area contributed by atoms with E-state index in [0.717, 1.165) is 18.7 Å². The van der Waals surface area contributed by atoms with E-state index in [1.54, 1.807) is 0 Å². The fraction of sp³-hybridized carbons (Fsp3) is 0.667. The Hall–Kier alpha value is -0.900. The fourth-order valence-corrected chi connectivity index (χ4v) is 3.33. The van der Waals surface area contributed by atoms with Gasteiger partial charge in [-0.1, -0.05) is 25.1 Å². The van der Waals surface area contributed by atoms with Gasteiger partial charge >= 0.3 is 0 Å². The van der Waals surface area contributed by atoms with Crippen molar-refractivity contribution in [2.45, 2.75) is 45.8 Å². The minimum Gasteiger partial charge on any atom is -0.387 e. The number of hydrogen-bond acceptors (Lipinski definition) is 3. The molecule has 0 spiro atoms. The molecule has 1 saturated heterocycles. The summed E-state index contributed by atoms with van der Waals surface area (Å²) in [7, 11) is 2.12. The second-order valence-electron chi connectivity index (χ2n) is 6.51. The van der Waals surface area contributed by atoms with Gasteiger partial charge < -0.3 is 10.0 Å². The van der Waals surface area contributed by atoms with Gasteiger partial charge in [0, 0.05) is 19.1 Å². The van der Waals surface area contributed by atoms with Crippen molar-refractivity contribution < 1.29 is 5.11 Å². The van der Waals surface area contributed by atoms with E-state index in [1.807, 2.05) is 0 Å². The predicted octanol–water partition coefficient (Wildman–Crippen LogP) is 2.75. The van der Waals surface area contributed by atoms with E-state index < -0.39 is 6.10 Å². The van der Waals surface area contributed by atoms with Gasteiger partial charge in [-0.2, -0.15) is 0 Å². The van der Waals surface area contributed by atoms with E-state index in [1.165, 1.54) is 30.5 Å². The quantitative estimate of drug-likeness (QED) is 0.873. The van der Waals surface area contributed by atoms with Crippen molar-refractivity contribution in [3.05, 3.63) is 34.9 Å². The van der Waals surface area contributed by atoms with E-state index >= 15 is 0 Å². The molecule has 3 nitrogen and oxygen atoms in total. The molecule has 118 valence electrons. The standard InChI is InChI=1S/C18H30N2O/c1-5-20-10-6-7-17(20)12-19(4)13-18(21)16-9-8-14(2)15(3)11-16/h8-9,11,17-18,21H,5-7,10,12-13H2,1-4H3. The minimum absolute atomic E-state index is 0.397. The normalized spacial score (nSPS) is 21.1. The Labute approximate surface area is 129 Å². The molecule has 0 bridgehead atoms. The largest absolute Gasteiger partial charge is 0.387 e. The first kappa shape index (κ1) is 16.5. The average Bonchev–Trinajstić information content (AvgIpc) is 2.88. The van der Waals surface area contributed by atoms with Gasteiger partial charge in [-0.25, -0.2) is 0 Å². The first-order chi connectivity index (χ1) is 10.0. The van der Waals surface area contributed by atoms with Crippen molar-refractivity contribution in [3.63, 3.8) is 0 Å². The van der Waals surface area contributed by atoms with Gasteiger partial charge in [0.2, 0.25) is 0 Å². The zero-order valence-corrected chi connectivity index (χ0v) is 14.0. The smallest absolute Gasteiger partial charge is 0.0916 e. The maximum Gasteiger partial charge on any atom is 0.0916 e. The molecule has 3 heteroatoms. The second-order valence-corrected chi connectivity index (χ2v) is 6.51. The molecule has 2 unspecified atom stereocenters. The number of nitrogens with zero attached hydrogens (tertiary/aromatic N) is 2. The molecule has 1 N–H and O–H groups in total. The Bertz CT molecular complexity index is 461. The molecule has 21 heavy (non-hydrogen) atoms. The molecule has 2 atom stereocenters. The van der Waals surface area contributed by atoms with Crippen LogP contribution in [-0.2, 0) is 0 Å². The zero-order chi connectivity index (χ0) is 15.4. The predicted molar refractivity (Wildman–Crippen MR) is 88.6 cm³/mol. The van der Waals surface area contributed by atoms with Crippen LogP contribution in [0.4, 0.5) is 0 Å². The van der Waals surface area contributed by atoms with Crippen LogP contribution in [-0.4, -0.2) is 54.2 Å². The van der Waals surface area contributed by atoms with Gasteiger partial charge in [-0.15, -0.1) is 0 Å². The molecule has 0 radical (unpaired) electrons. The van der Waals surface area contributed by atoms with Crippen molar-refractivity contribution in [2.24, 2.45) is 0 Å². The number of aliphatic hydroxyl groups is 1. The van der Waals surface area contributed by atoms with Crippen LogP contribution < -0.4 is 0 Å². The van der Waals surface area contributed by atoms with E-state index in [9.17, 15) is 5.11 Å². The minimum atomic E-state index is -0.397. The number of rotatable bonds is 6. The zero-order valence-electron chi connectivity index (χ0n) is 14.0. The summed E-state index contributed by atoms with van der Waals surface area (Å²) < 4.78 is 0. The third kappa shape index (κ3) is 4.29. The Morgan fingerprint density at radius 3 is 2.76 bits per heavy atom. The summed E-state index contributed by atoms with van der Waals surface area (Å²) in [5.74, 6) is 0. The lowest BCUT2D eigenvalue weighted by molar-refractivity contribution is 0.109. The number of benzene rings is 1. The highest BCUT2D eigenvalue weighted by Gasteiger charge is 2.24. The monoisotopic (exact) mass is 290 g/mol. The van der Waals surface area contributed by atoms with Gasteiger partial charge in [0.25, 0.3) is 0 Å². The summed E-state index contributed by atoms with van der Waals surface area (Å²) in [4.78, 5) is 4.83. The number of hydrogen-bond donors (Lipinski definition) is 1. The van der Waals surface area contributed by atoms with E-state index in [2.05, 4.69) is 55.8 Å². The molecule has 0 amide bonds. The summed E-state index contributed by atoms with van der Waals surface area (Å²) in [6.45, 7) is 10.6. The lowest BCUT2D eigenvalue weighted by atomic mass is 10.0. The van der Waals surface area contributed by atoms with Gasteiger partial charge in [0.05, 0.1) is 6.10 Å². The second kappa shape index (κ2) is 7.39. The third-order valence-electron chi connectivity index (χ3n) is 4.83. The van der Waals surface area contributed by atoms with Crippen molar-refractivity contribution in [1.29, 1.82) is 0 Å². The molecule has 1 aliphatic rings. The first-order valence-corrected chi connectivity index (χ1v) is 8.19. The number of aliphatic hydroxyl groups excluding tert-OH is 1. The van der Waals surface area contributed by atoms with Crippen LogP contribution in [0, 0.1) is 13.8 Å². The van der Waals surface area contributed by atoms with Crippen LogP contribution >= 0.6 is 0 Å². The number of likely N-dealkylation sites (N-methyl/N-ethyl adjacent to an activating group) is 2. The third-order valence-corrected chi connectivity index (χ3v) is 4.83. The summed E-state index contributed by atoms with van der Waals surface area (Å²) >= 11 is 0. The Kier molecular flexibility index (Phi) is 5.80. The molecular weight excluding hydrogens is 260 g/mol. The highest BCUT2D eigenvalue weighted by Crippen LogP contribution is 2.20. The Morgan fingerprint density at radius 2 is 2.10 bits per heavy atom. The van der Waals surface area contributed by atoms with Gasteiger partial charge in [0.15, 0.2) is 0 Å². The molecule has 1 aromatic rings. The highest BCUT2D eigenvalue weighted by atomic mass is 16.3. The molecule has 2 rings (SSSR count). The lowest BCUT2D eigenvalue weighted by Crippen LogP contribution is -2.40. The Balaban J connectivity index is 1.89. The van der Waals surface area contributed by atoms with Crippen LogP contribution in [0.2, 0.25) is 0 Å². The molecule has 0 aromatic heterocycles. The highest BCUT2D eigenvalue weighted by molar-refractivity contribution is 5.31. The number of aryl methyl sites for hydroxylation is 2. The van der Waals surface area contributed by atoms with Crippen molar-refractivity contribution in [3.8, 4) is 0 Å². The van der Waals surface area contributed by atoms with E-state index in [4.69, 9.17) is 0 Å². The van der Waals surface area contributed by atoms with Crippen molar-refractivity contribution in [1.82, 2.24) is 9.80 Å². The summed E-state index contributed by atoms with van der Waals surface area (Å²) in [6.07, 6.45) is 2.20. The summed E-state index contributed by atoms with van der Waals surface area (Å²) in [6, 6.07) is 6.92. The lowest BCUT2D eigenvalue weighted by Gasteiger charge is -2.29. The maximum absolute atomic E-state index is 10.4. The molecule has 1 heterocycles. The topological polar surface area (TPSA) is 26.7 Å². The van der Waals surface area contributed by atoms with Gasteiger partial charge in [-0.05, 0) is 63.5 Å². The molecule has 1 aliphatic heterocycles. The van der Waals surface area contributed by atoms with E-state index in [0.29, 0.717) is 12.6 Å². The van der Waals surface area contributed by atoms with Gasteiger partial charge in [-0.3, -0.25) is 4.90 Å². The van der Waals surface area contributed by atoms with Crippen LogP contribution in [0.25, 0.3) is 0 Å². The SMILES string of the molecule is CCN1CCCC1CN(C)CC(O)c1ccc(C)c(C)c1. The van der Waals surface area contributed by atoms with Crippen molar-refractivity contribution in [2.75, 3.05) is 33.2 Å². The molecule has 1 aromatic carbocycles. The Morgan fingerprint density at radius 1 is 1.33 bits per heavy atom. The first-order valence-electron chi connectivity index (χ1n) is 8.19. The molecule has 0 aliphatic carbocycles. The average molecular weight is 290 g/mol. The van der Waals surface area contributed by atoms with Crippen LogP contribution in [0.5, 0.6) is 0 Å². The van der Waals surface area contributed by atoms with Crippen LogP contribution in [0.3, 0.4) is 0 Å². The molecule has 1 fully saturated rings. The maximum atomic E-state index is 10.4. The van der Waals surface area contributed by atoms with Crippen LogP contribution in [0.1, 0.15) is 42.6 Å². The molecular formula is C18H30N2O. The fourth-order valence-electron chi connectivity index (χ4n) is 3.33. The van der Waals surface area contributed by atoms with E-state index in [-0.39, 0.29) is 0 Å². The summed E-state index contributed by atoms with van der Waals surface area (Å²) in [5.41, 5.74) is 3.56. The molecule has 0 saturated carbocycles.